The predicted octanol–water partition coefficient (Wildman–Crippen LogP) is 1.82. The Labute approximate surface area is 176 Å². The Morgan fingerprint density at radius 3 is 2.50 bits per heavy atom. The average molecular weight is 406 g/mol. The van der Waals surface area contributed by atoms with Crippen molar-refractivity contribution in [1.82, 2.24) is 20.7 Å². The molecule has 0 bridgehead atoms. The molecule has 0 spiro atoms. The number of aromatic nitrogens is 1. The lowest BCUT2D eigenvalue weighted by atomic mass is 9.94. The second-order valence-corrected chi connectivity index (χ2v) is 8.38. The monoisotopic (exact) mass is 405 g/mol. The quantitative estimate of drug-likeness (QED) is 0.815. The zero-order valence-electron chi connectivity index (χ0n) is 17.0. The van der Waals surface area contributed by atoms with Gasteiger partial charge in [0.05, 0.1) is 0 Å². The number of hydrogen-bond acceptors (Lipinski definition) is 5. The normalized spacial score (nSPS) is 24.1. The number of anilines is 1. The van der Waals surface area contributed by atoms with Crippen LogP contribution in [-0.4, -0.2) is 47.4 Å². The molecule has 3 aliphatic heterocycles. The number of pyridine rings is 1. The van der Waals surface area contributed by atoms with E-state index < -0.39 is 0 Å². The number of nitrogens with zero attached hydrogens (tertiary/aromatic N) is 3. The van der Waals surface area contributed by atoms with Crippen LogP contribution in [0.1, 0.15) is 36.4 Å². The van der Waals surface area contributed by atoms with E-state index in [-0.39, 0.29) is 29.8 Å². The molecule has 2 saturated heterocycles. The highest BCUT2D eigenvalue weighted by molar-refractivity contribution is 5.97. The van der Waals surface area contributed by atoms with Crippen molar-refractivity contribution >= 4 is 17.5 Å². The maximum Gasteiger partial charge on any atom is 0.241 e. The van der Waals surface area contributed by atoms with E-state index in [1.54, 1.807) is 12.4 Å². The number of hydrazine groups is 1. The van der Waals surface area contributed by atoms with Gasteiger partial charge in [0.25, 0.3) is 0 Å². The Hall–Kier alpha value is -2.77. The van der Waals surface area contributed by atoms with E-state index in [1.165, 1.54) is 5.56 Å². The molecule has 30 heavy (non-hydrogen) atoms. The van der Waals surface area contributed by atoms with Crippen molar-refractivity contribution in [3.63, 3.8) is 0 Å². The number of benzene rings is 1. The lowest BCUT2D eigenvalue weighted by Gasteiger charge is -2.34. The van der Waals surface area contributed by atoms with E-state index in [9.17, 15) is 9.59 Å². The third-order valence-corrected chi connectivity index (χ3v) is 6.62. The fraction of sp³-hybridized carbons (Fsp3) is 0.435. The summed E-state index contributed by atoms with van der Waals surface area (Å²) in [5, 5.41) is 0. The van der Waals surface area contributed by atoms with Gasteiger partial charge in [0.2, 0.25) is 11.8 Å². The van der Waals surface area contributed by atoms with E-state index in [4.69, 9.17) is 0 Å². The number of piperidine rings is 1. The smallest absolute Gasteiger partial charge is 0.241 e. The Kier molecular flexibility index (Phi) is 5.23. The van der Waals surface area contributed by atoms with Crippen molar-refractivity contribution in [1.29, 1.82) is 0 Å². The largest absolute Gasteiger partial charge is 0.341 e. The summed E-state index contributed by atoms with van der Waals surface area (Å²) in [6, 6.07) is 12.0. The summed E-state index contributed by atoms with van der Waals surface area (Å²) in [5.41, 5.74) is 9.82. The Bertz CT molecular complexity index is 926. The van der Waals surface area contributed by atoms with Crippen molar-refractivity contribution in [2.75, 3.05) is 24.5 Å². The first-order valence-electron chi connectivity index (χ1n) is 10.8. The van der Waals surface area contributed by atoms with Crippen LogP contribution in [0.15, 0.2) is 48.8 Å². The van der Waals surface area contributed by atoms with Crippen LogP contribution in [-0.2, 0) is 16.0 Å². The predicted molar refractivity (Wildman–Crippen MR) is 113 cm³/mol. The molecule has 4 heterocycles. The number of likely N-dealkylation sites (tertiary alicyclic amines) is 1. The molecule has 2 aromatic rings. The topological polar surface area (TPSA) is 77.6 Å². The van der Waals surface area contributed by atoms with Gasteiger partial charge in [-0.15, -0.1) is 0 Å². The molecule has 5 rings (SSSR count). The summed E-state index contributed by atoms with van der Waals surface area (Å²) in [5.74, 6) is 0.335. The lowest BCUT2D eigenvalue weighted by molar-refractivity contribution is -0.136. The molecular weight excluding hydrogens is 378 g/mol. The van der Waals surface area contributed by atoms with E-state index in [2.05, 4.69) is 21.9 Å². The minimum atomic E-state index is -0.235. The molecule has 2 fully saturated rings. The third-order valence-electron chi connectivity index (χ3n) is 6.62. The standard InChI is InChI=1S/C23H27N5O2/c29-22(28-14-9-17-3-1-2-4-21(17)28)18-7-12-27(13-8-18)23(30)20-15-19(25-26-20)16-5-10-24-11-6-16/h1-6,10-11,18-20,25-26H,7-9,12-15H2. The van der Waals surface area contributed by atoms with Crippen molar-refractivity contribution < 1.29 is 9.59 Å². The molecule has 0 saturated carbocycles. The molecule has 0 aliphatic carbocycles. The van der Waals surface area contributed by atoms with Crippen LogP contribution < -0.4 is 15.8 Å². The lowest BCUT2D eigenvalue weighted by Crippen LogP contribution is -2.50. The maximum atomic E-state index is 13.1. The zero-order chi connectivity index (χ0) is 20.5. The van der Waals surface area contributed by atoms with Gasteiger partial charge in [-0.2, -0.15) is 0 Å². The number of fused-ring (bicyclic) bond motifs is 1. The SMILES string of the molecule is O=C(C1CC(c2ccncc2)NN1)N1CCC(C(=O)N2CCc3ccccc32)CC1. The zero-order valence-corrected chi connectivity index (χ0v) is 17.0. The Morgan fingerprint density at radius 2 is 1.70 bits per heavy atom. The highest BCUT2D eigenvalue weighted by Gasteiger charge is 2.37. The van der Waals surface area contributed by atoms with Gasteiger partial charge in [-0.05, 0) is 55.0 Å². The fourth-order valence-electron chi connectivity index (χ4n) is 4.89. The van der Waals surface area contributed by atoms with Gasteiger partial charge in [0.15, 0.2) is 0 Å². The number of carbonyl (C=O) groups is 2. The molecule has 7 nitrogen and oxygen atoms in total. The van der Waals surface area contributed by atoms with Gasteiger partial charge < -0.3 is 9.80 Å². The molecule has 1 aromatic carbocycles. The summed E-state index contributed by atoms with van der Waals surface area (Å²) in [4.78, 5) is 34.0. The Balaban J connectivity index is 1.16. The second-order valence-electron chi connectivity index (χ2n) is 8.38. The number of carbonyl (C=O) groups excluding carboxylic acids is 2. The minimum absolute atomic E-state index is 0.000523. The molecule has 2 amide bonds. The van der Waals surface area contributed by atoms with Crippen molar-refractivity contribution in [3.8, 4) is 0 Å². The van der Waals surface area contributed by atoms with E-state index in [0.717, 1.165) is 37.1 Å². The van der Waals surface area contributed by atoms with Crippen LogP contribution in [0, 0.1) is 5.92 Å². The first-order valence-corrected chi connectivity index (χ1v) is 10.8. The highest BCUT2D eigenvalue weighted by Crippen LogP contribution is 2.31. The molecule has 7 heteroatoms. The number of para-hydroxylation sites is 1. The Morgan fingerprint density at radius 1 is 0.933 bits per heavy atom. The summed E-state index contributed by atoms with van der Waals surface area (Å²) in [6.45, 7) is 2.05. The fourth-order valence-corrected chi connectivity index (χ4v) is 4.89. The van der Waals surface area contributed by atoms with E-state index >= 15 is 0 Å². The van der Waals surface area contributed by atoms with Crippen LogP contribution in [0.2, 0.25) is 0 Å². The summed E-state index contributed by atoms with van der Waals surface area (Å²) < 4.78 is 0. The van der Waals surface area contributed by atoms with Gasteiger partial charge in [-0.25, -0.2) is 10.9 Å². The van der Waals surface area contributed by atoms with Crippen molar-refractivity contribution in [3.05, 3.63) is 59.9 Å². The molecule has 156 valence electrons. The van der Waals surface area contributed by atoms with Gasteiger partial charge >= 0.3 is 0 Å². The first-order chi connectivity index (χ1) is 14.7. The molecule has 0 radical (unpaired) electrons. The number of nitrogens with one attached hydrogen (secondary N) is 2. The highest BCUT2D eigenvalue weighted by atomic mass is 16.2. The molecule has 1 aromatic heterocycles. The molecule has 2 N–H and O–H groups in total. The number of hydrogen-bond donors (Lipinski definition) is 2. The first kappa shape index (κ1) is 19.2. The van der Waals surface area contributed by atoms with E-state index in [0.29, 0.717) is 19.5 Å². The maximum absolute atomic E-state index is 13.1. The molecule has 2 unspecified atom stereocenters. The van der Waals surface area contributed by atoms with Crippen LogP contribution >= 0.6 is 0 Å². The van der Waals surface area contributed by atoms with Gasteiger partial charge in [0, 0.05) is 49.7 Å². The number of rotatable bonds is 3. The van der Waals surface area contributed by atoms with Crippen molar-refractivity contribution in [2.45, 2.75) is 37.8 Å². The molecular formula is C23H27N5O2. The van der Waals surface area contributed by atoms with Crippen LogP contribution in [0.4, 0.5) is 5.69 Å². The van der Waals surface area contributed by atoms with Gasteiger partial charge in [-0.1, -0.05) is 18.2 Å². The summed E-state index contributed by atoms with van der Waals surface area (Å²) in [7, 11) is 0. The van der Waals surface area contributed by atoms with E-state index in [1.807, 2.05) is 40.1 Å². The van der Waals surface area contributed by atoms with Gasteiger partial charge in [-0.3, -0.25) is 14.6 Å². The summed E-state index contributed by atoms with van der Waals surface area (Å²) >= 11 is 0. The molecule has 2 atom stereocenters. The van der Waals surface area contributed by atoms with Crippen molar-refractivity contribution in [2.24, 2.45) is 5.92 Å². The van der Waals surface area contributed by atoms with Crippen LogP contribution in [0.5, 0.6) is 0 Å². The van der Waals surface area contributed by atoms with Gasteiger partial charge in [0.1, 0.15) is 6.04 Å². The van der Waals surface area contributed by atoms with Crippen LogP contribution in [0.3, 0.4) is 0 Å². The summed E-state index contributed by atoms with van der Waals surface area (Å²) in [6.07, 6.45) is 6.65. The third kappa shape index (κ3) is 3.59. The van der Waals surface area contributed by atoms with Crippen LogP contribution in [0.25, 0.3) is 0 Å². The average Bonchev–Trinajstić information content (AvgIpc) is 3.47. The second kappa shape index (κ2) is 8.16. The molecule has 3 aliphatic rings. The minimum Gasteiger partial charge on any atom is -0.341 e. The number of amides is 2.